The second-order valence-electron chi connectivity index (χ2n) is 6.57. The van der Waals surface area contributed by atoms with Crippen LogP contribution in [0.3, 0.4) is 0 Å². The Labute approximate surface area is 192 Å². The molecule has 9 heteroatoms. The Bertz CT molecular complexity index is 1250. The Morgan fingerprint density at radius 1 is 0.875 bits per heavy atom. The van der Waals surface area contributed by atoms with Gasteiger partial charge in [-0.2, -0.15) is 0 Å². The molecule has 7 nitrogen and oxygen atoms in total. The number of ether oxygens (including phenoxy) is 2. The molecule has 4 aromatic rings. The van der Waals surface area contributed by atoms with Crippen molar-refractivity contribution in [2.24, 2.45) is 0 Å². The normalized spacial score (nSPS) is 10.4. The van der Waals surface area contributed by atoms with Crippen LogP contribution in [0, 0.1) is 0 Å². The first kappa shape index (κ1) is 21.5. The summed E-state index contributed by atoms with van der Waals surface area (Å²) >= 11 is 2.67. The van der Waals surface area contributed by atoms with Crippen LogP contribution in [0.25, 0.3) is 11.3 Å². The molecule has 162 valence electrons. The van der Waals surface area contributed by atoms with E-state index in [2.05, 4.69) is 15.6 Å². The average molecular weight is 466 g/mol. The third kappa shape index (κ3) is 4.79. The molecular weight excluding hydrogens is 446 g/mol. The lowest BCUT2D eigenvalue weighted by atomic mass is 10.1. The Balaban J connectivity index is 1.46. The number of methoxy groups -OCH3 is 2. The predicted molar refractivity (Wildman–Crippen MR) is 127 cm³/mol. The van der Waals surface area contributed by atoms with Gasteiger partial charge in [-0.15, -0.1) is 22.7 Å². The van der Waals surface area contributed by atoms with E-state index in [0.29, 0.717) is 38.5 Å². The number of anilines is 2. The number of carbonyl (C=O) groups is 2. The van der Waals surface area contributed by atoms with Crippen LogP contribution in [0.15, 0.2) is 65.4 Å². The van der Waals surface area contributed by atoms with E-state index >= 15 is 0 Å². The minimum Gasteiger partial charge on any atom is -0.493 e. The van der Waals surface area contributed by atoms with Gasteiger partial charge in [0.25, 0.3) is 11.8 Å². The number of rotatable bonds is 7. The summed E-state index contributed by atoms with van der Waals surface area (Å²) in [6.07, 6.45) is 0. The van der Waals surface area contributed by atoms with E-state index < -0.39 is 0 Å². The molecule has 0 spiro atoms. The molecule has 0 unspecified atom stereocenters. The molecule has 0 bridgehead atoms. The van der Waals surface area contributed by atoms with Crippen molar-refractivity contribution in [3.05, 3.63) is 75.8 Å². The van der Waals surface area contributed by atoms with Crippen LogP contribution in [0.5, 0.6) is 11.5 Å². The third-order valence-electron chi connectivity index (χ3n) is 4.53. The van der Waals surface area contributed by atoms with Crippen molar-refractivity contribution in [3.63, 3.8) is 0 Å². The molecule has 2 amide bonds. The van der Waals surface area contributed by atoms with E-state index in [1.807, 2.05) is 35.0 Å². The highest BCUT2D eigenvalue weighted by atomic mass is 32.1. The van der Waals surface area contributed by atoms with Gasteiger partial charge in [0, 0.05) is 22.2 Å². The van der Waals surface area contributed by atoms with E-state index in [4.69, 9.17) is 9.47 Å². The van der Waals surface area contributed by atoms with Crippen molar-refractivity contribution in [2.75, 3.05) is 24.9 Å². The van der Waals surface area contributed by atoms with E-state index in [-0.39, 0.29) is 11.8 Å². The number of hydrogen-bond acceptors (Lipinski definition) is 7. The Morgan fingerprint density at radius 3 is 2.47 bits per heavy atom. The van der Waals surface area contributed by atoms with Gasteiger partial charge in [0.1, 0.15) is 0 Å². The Morgan fingerprint density at radius 2 is 1.72 bits per heavy atom. The Kier molecular flexibility index (Phi) is 6.48. The maximum Gasteiger partial charge on any atom is 0.265 e. The largest absolute Gasteiger partial charge is 0.493 e. The number of nitrogens with one attached hydrogen (secondary N) is 2. The van der Waals surface area contributed by atoms with Gasteiger partial charge in [0.05, 0.1) is 24.8 Å². The first-order chi connectivity index (χ1) is 15.6. The minimum absolute atomic E-state index is 0.211. The number of carbonyl (C=O) groups excluding carboxylic acids is 2. The predicted octanol–water partition coefficient (Wildman–Crippen LogP) is 5.39. The van der Waals surface area contributed by atoms with Crippen LogP contribution in [0.2, 0.25) is 0 Å². The van der Waals surface area contributed by atoms with Gasteiger partial charge < -0.3 is 14.8 Å². The summed E-state index contributed by atoms with van der Waals surface area (Å²) in [4.78, 5) is 30.1. The second-order valence-corrected chi connectivity index (χ2v) is 8.38. The first-order valence-electron chi connectivity index (χ1n) is 9.51. The van der Waals surface area contributed by atoms with Crippen molar-refractivity contribution in [2.45, 2.75) is 0 Å². The zero-order chi connectivity index (χ0) is 22.5. The number of nitrogens with zero attached hydrogens (tertiary/aromatic N) is 1. The SMILES string of the molecule is COc1ccc(-c2csc(NC(=O)c3cccc(NC(=O)c4cccs4)c3)n2)cc1OC. The summed E-state index contributed by atoms with van der Waals surface area (Å²) in [7, 11) is 3.15. The van der Waals surface area contributed by atoms with Gasteiger partial charge in [-0.1, -0.05) is 12.1 Å². The zero-order valence-electron chi connectivity index (χ0n) is 17.2. The zero-order valence-corrected chi connectivity index (χ0v) is 18.9. The highest BCUT2D eigenvalue weighted by Crippen LogP contribution is 2.33. The van der Waals surface area contributed by atoms with Gasteiger partial charge in [-0.25, -0.2) is 4.98 Å². The molecule has 2 heterocycles. The van der Waals surface area contributed by atoms with Gasteiger partial charge in [-0.05, 0) is 47.8 Å². The van der Waals surface area contributed by atoms with Gasteiger partial charge in [0.2, 0.25) is 0 Å². The molecule has 0 radical (unpaired) electrons. The summed E-state index contributed by atoms with van der Waals surface area (Å²) in [6, 6.07) is 15.8. The number of benzene rings is 2. The quantitative estimate of drug-likeness (QED) is 0.382. The second kappa shape index (κ2) is 9.63. The summed E-state index contributed by atoms with van der Waals surface area (Å²) in [5, 5.41) is 9.77. The molecule has 4 rings (SSSR count). The third-order valence-corrected chi connectivity index (χ3v) is 6.16. The van der Waals surface area contributed by atoms with E-state index in [0.717, 1.165) is 5.56 Å². The van der Waals surface area contributed by atoms with Crippen molar-refractivity contribution in [1.82, 2.24) is 4.98 Å². The van der Waals surface area contributed by atoms with E-state index in [1.165, 1.54) is 22.7 Å². The molecule has 2 aromatic carbocycles. The lowest BCUT2D eigenvalue weighted by Crippen LogP contribution is -2.14. The minimum atomic E-state index is -0.314. The van der Waals surface area contributed by atoms with Crippen molar-refractivity contribution >= 4 is 45.3 Å². The van der Waals surface area contributed by atoms with E-state index in [1.54, 1.807) is 44.6 Å². The monoisotopic (exact) mass is 465 g/mol. The standard InChI is InChI=1S/C23H19N3O4S2/c1-29-18-9-8-14(12-19(18)30-2)17-13-32-23(25-17)26-21(27)15-5-3-6-16(11-15)24-22(28)20-7-4-10-31-20/h3-13H,1-2H3,(H,24,28)(H,25,26,27). The lowest BCUT2D eigenvalue weighted by molar-refractivity contribution is 0.101. The Hall–Kier alpha value is -3.69. The lowest BCUT2D eigenvalue weighted by Gasteiger charge is -2.08. The molecule has 0 saturated heterocycles. The molecule has 2 N–H and O–H groups in total. The molecule has 0 fully saturated rings. The number of aromatic nitrogens is 1. The molecule has 0 saturated carbocycles. The van der Waals surface area contributed by atoms with Crippen LogP contribution in [-0.2, 0) is 0 Å². The van der Waals surface area contributed by atoms with Crippen molar-refractivity contribution in [1.29, 1.82) is 0 Å². The maximum atomic E-state index is 12.7. The number of amides is 2. The topological polar surface area (TPSA) is 89.6 Å². The first-order valence-corrected chi connectivity index (χ1v) is 11.3. The van der Waals surface area contributed by atoms with Gasteiger partial charge in [0.15, 0.2) is 16.6 Å². The number of thiazole rings is 1. The fourth-order valence-electron chi connectivity index (χ4n) is 2.97. The van der Waals surface area contributed by atoms with Crippen LogP contribution >= 0.6 is 22.7 Å². The average Bonchev–Trinajstić information content (AvgIpc) is 3.51. The van der Waals surface area contributed by atoms with Crippen LogP contribution in [0.1, 0.15) is 20.0 Å². The number of thiophene rings is 1. The van der Waals surface area contributed by atoms with Crippen LogP contribution in [0.4, 0.5) is 10.8 Å². The molecule has 2 aromatic heterocycles. The van der Waals surface area contributed by atoms with Gasteiger partial charge in [-0.3, -0.25) is 14.9 Å². The number of hydrogen-bond donors (Lipinski definition) is 2. The smallest absolute Gasteiger partial charge is 0.265 e. The maximum absolute atomic E-state index is 12.7. The molecule has 32 heavy (non-hydrogen) atoms. The highest BCUT2D eigenvalue weighted by molar-refractivity contribution is 7.14. The molecule has 0 atom stereocenters. The van der Waals surface area contributed by atoms with E-state index in [9.17, 15) is 9.59 Å². The molecular formula is C23H19N3O4S2. The summed E-state index contributed by atoms with van der Waals surface area (Å²) in [6.45, 7) is 0. The summed E-state index contributed by atoms with van der Waals surface area (Å²) in [5.74, 6) is 0.707. The highest BCUT2D eigenvalue weighted by Gasteiger charge is 2.13. The molecule has 0 aliphatic carbocycles. The summed E-state index contributed by atoms with van der Waals surface area (Å²) in [5.41, 5.74) is 2.51. The fraction of sp³-hybridized carbons (Fsp3) is 0.0870. The van der Waals surface area contributed by atoms with Crippen LogP contribution in [-0.4, -0.2) is 31.0 Å². The fourth-order valence-corrected chi connectivity index (χ4v) is 4.30. The van der Waals surface area contributed by atoms with Crippen molar-refractivity contribution < 1.29 is 19.1 Å². The van der Waals surface area contributed by atoms with Crippen LogP contribution < -0.4 is 20.1 Å². The molecule has 0 aliphatic heterocycles. The van der Waals surface area contributed by atoms with Gasteiger partial charge >= 0.3 is 0 Å². The molecule has 0 aliphatic rings. The summed E-state index contributed by atoms with van der Waals surface area (Å²) < 4.78 is 10.6. The van der Waals surface area contributed by atoms with Crippen molar-refractivity contribution in [3.8, 4) is 22.8 Å².